The quantitative estimate of drug-likeness (QED) is 0.681. The Morgan fingerprint density at radius 1 is 1.26 bits per heavy atom. The smallest absolute Gasteiger partial charge is 0.103 e. The number of nitrogens with one attached hydrogen (secondary N) is 1. The maximum absolute atomic E-state index is 4.86. The molecule has 0 amide bonds. The molecule has 110 valence electrons. The zero-order valence-electron chi connectivity index (χ0n) is 13.0. The molecule has 2 nitrogen and oxygen atoms in total. The molecule has 0 aliphatic rings. The summed E-state index contributed by atoms with van der Waals surface area (Å²) in [7, 11) is 0. The number of thioether (sulfide) groups is 1. The van der Waals surface area contributed by atoms with E-state index in [-0.39, 0.29) is 0 Å². The van der Waals surface area contributed by atoms with E-state index < -0.39 is 0 Å². The van der Waals surface area contributed by atoms with Gasteiger partial charge in [0, 0.05) is 23.2 Å². The lowest BCUT2D eigenvalue weighted by Gasteiger charge is -2.08. The summed E-state index contributed by atoms with van der Waals surface area (Å²) >= 11 is 3.90. The van der Waals surface area contributed by atoms with E-state index >= 15 is 0 Å². The number of thiazole rings is 1. The molecule has 0 aromatic carbocycles. The average molecular weight is 301 g/mol. The maximum Gasteiger partial charge on any atom is 0.103 e. The van der Waals surface area contributed by atoms with Gasteiger partial charge in [-0.05, 0) is 24.5 Å². The molecule has 4 heteroatoms. The minimum absolute atomic E-state index is 0.534. The van der Waals surface area contributed by atoms with Crippen LogP contribution < -0.4 is 5.32 Å². The first-order valence-corrected chi connectivity index (χ1v) is 9.28. The molecular weight excluding hydrogens is 272 g/mol. The Kier molecular flexibility index (Phi) is 8.03. The van der Waals surface area contributed by atoms with Crippen LogP contribution in [-0.2, 0) is 18.7 Å². The normalized spacial score (nSPS) is 11.7. The highest BCUT2D eigenvalue weighted by atomic mass is 32.2. The Hall–Kier alpha value is -0.0600. The van der Waals surface area contributed by atoms with Crippen molar-refractivity contribution in [3.63, 3.8) is 0 Å². The van der Waals surface area contributed by atoms with Gasteiger partial charge in [-0.25, -0.2) is 4.98 Å². The predicted octanol–water partition coefficient (Wildman–Crippen LogP) is 4.48. The van der Waals surface area contributed by atoms with E-state index in [4.69, 9.17) is 4.98 Å². The topological polar surface area (TPSA) is 24.9 Å². The maximum atomic E-state index is 4.86. The summed E-state index contributed by atoms with van der Waals surface area (Å²) in [5, 5.41) is 4.82. The van der Waals surface area contributed by atoms with Crippen LogP contribution in [0, 0.1) is 5.92 Å². The summed E-state index contributed by atoms with van der Waals surface area (Å²) in [6, 6.07) is 0.534. The second kappa shape index (κ2) is 8.98. The number of nitrogens with zero attached hydrogens (tertiary/aromatic N) is 1. The van der Waals surface area contributed by atoms with Crippen molar-refractivity contribution < 1.29 is 0 Å². The van der Waals surface area contributed by atoms with Crippen LogP contribution >= 0.6 is 23.1 Å². The third-order valence-electron chi connectivity index (χ3n) is 2.67. The minimum Gasteiger partial charge on any atom is -0.310 e. The molecule has 0 aliphatic heterocycles. The molecule has 1 aromatic rings. The van der Waals surface area contributed by atoms with Crippen molar-refractivity contribution >= 4 is 23.1 Å². The molecule has 0 saturated heterocycles. The molecule has 0 fully saturated rings. The molecule has 0 aliphatic carbocycles. The summed E-state index contributed by atoms with van der Waals surface area (Å²) in [5.41, 5.74) is 1.32. The van der Waals surface area contributed by atoms with Crippen LogP contribution in [0.25, 0.3) is 0 Å². The molecule has 0 unspecified atom stereocenters. The van der Waals surface area contributed by atoms with Crippen LogP contribution in [0.3, 0.4) is 0 Å². The molecule has 1 N–H and O–H groups in total. The lowest BCUT2D eigenvalue weighted by molar-refractivity contribution is 0.581. The van der Waals surface area contributed by atoms with Crippen molar-refractivity contribution in [1.29, 1.82) is 0 Å². The van der Waals surface area contributed by atoms with Crippen molar-refractivity contribution in [3.8, 4) is 0 Å². The van der Waals surface area contributed by atoms with E-state index in [9.17, 15) is 0 Å². The number of aromatic nitrogens is 1. The standard InChI is InChI=1S/C15H28N2S2/c1-6-7-18-10-15-17-13(8-11(2)3)14(19-15)9-16-12(4)5/h11-12,16H,6-10H2,1-5H3. The fraction of sp³-hybridized carbons (Fsp3) is 0.800. The molecule has 0 atom stereocenters. The highest BCUT2D eigenvalue weighted by Crippen LogP contribution is 2.25. The van der Waals surface area contributed by atoms with Crippen LogP contribution in [0.5, 0.6) is 0 Å². The Morgan fingerprint density at radius 3 is 2.58 bits per heavy atom. The van der Waals surface area contributed by atoms with E-state index in [1.807, 2.05) is 23.1 Å². The Morgan fingerprint density at radius 2 is 2.00 bits per heavy atom. The fourth-order valence-electron chi connectivity index (χ4n) is 1.78. The van der Waals surface area contributed by atoms with E-state index in [0.29, 0.717) is 12.0 Å². The van der Waals surface area contributed by atoms with Gasteiger partial charge in [0.15, 0.2) is 0 Å². The second-order valence-corrected chi connectivity index (χ2v) is 7.94. The first kappa shape index (κ1) is 17.0. The molecule has 0 radical (unpaired) electrons. The molecular formula is C15H28N2S2. The largest absolute Gasteiger partial charge is 0.310 e. The van der Waals surface area contributed by atoms with Gasteiger partial charge in [-0.1, -0.05) is 34.6 Å². The Bertz CT molecular complexity index is 359. The molecule has 0 bridgehead atoms. The zero-order chi connectivity index (χ0) is 14.3. The zero-order valence-corrected chi connectivity index (χ0v) is 14.6. The lowest BCUT2D eigenvalue weighted by Crippen LogP contribution is -2.22. The number of hydrogen-bond acceptors (Lipinski definition) is 4. The molecule has 1 aromatic heterocycles. The molecule has 0 saturated carbocycles. The highest BCUT2D eigenvalue weighted by molar-refractivity contribution is 7.98. The van der Waals surface area contributed by atoms with Crippen LogP contribution in [0.4, 0.5) is 0 Å². The van der Waals surface area contributed by atoms with Crippen molar-refractivity contribution in [2.75, 3.05) is 5.75 Å². The molecule has 1 rings (SSSR count). The van der Waals surface area contributed by atoms with Gasteiger partial charge in [0.1, 0.15) is 5.01 Å². The van der Waals surface area contributed by atoms with Gasteiger partial charge < -0.3 is 5.32 Å². The monoisotopic (exact) mass is 300 g/mol. The van der Waals surface area contributed by atoms with Gasteiger partial charge in [0.05, 0.1) is 5.69 Å². The van der Waals surface area contributed by atoms with Crippen LogP contribution in [0.15, 0.2) is 0 Å². The average Bonchev–Trinajstić information content (AvgIpc) is 2.68. The van der Waals surface area contributed by atoms with Gasteiger partial charge in [-0.3, -0.25) is 0 Å². The summed E-state index contributed by atoms with van der Waals surface area (Å²) in [6.45, 7) is 12.1. The van der Waals surface area contributed by atoms with Gasteiger partial charge in [-0.2, -0.15) is 11.8 Å². The molecule has 0 spiro atoms. The molecule has 19 heavy (non-hydrogen) atoms. The first-order valence-electron chi connectivity index (χ1n) is 7.31. The fourth-order valence-corrected chi connectivity index (χ4v) is 3.78. The first-order chi connectivity index (χ1) is 9.02. The summed E-state index contributed by atoms with van der Waals surface area (Å²) in [6.07, 6.45) is 2.35. The van der Waals surface area contributed by atoms with E-state index in [1.54, 1.807) is 0 Å². The molecule has 1 heterocycles. The summed E-state index contributed by atoms with van der Waals surface area (Å²) in [4.78, 5) is 6.30. The lowest BCUT2D eigenvalue weighted by atomic mass is 10.1. The van der Waals surface area contributed by atoms with Crippen molar-refractivity contribution in [1.82, 2.24) is 10.3 Å². The Labute approximate surface area is 126 Å². The van der Waals surface area contributed by atoms with Crippen molar-refractivity contribution in [3.05, 3.63) is 15.6 Å². The predicted molar refractivity (Wildman–Crippen MR) is 89.1 cm³/mol. The van der Waals surface area contributed by atoms with E-state index in [1.165, 1.54) is 27.8 Å². The third kappa shape index (κ3) is 6.77. The second-order valence-electron chi connectivity index (χ2n) is 5.66. The SMILES string of the molecule is CCCSCc1nc(CC(C)C)c(CNC(C)C)s1. The summed E-state index contributed by atoms with van der Waals surface area (Å²) in [5.74, 6) is 2.99. The highest BCUT2D eigenvalue weighted by Gasteiger charge is 2.12. The van der Waals surface area contributed by atoms with Crippen molar-refractivity contribution in [2.45, 2.75) is 65.8 Å². The van der Waals surface area contributed by atoms with Gasteiger partial charge in [0.2, 0.25) is 0 Å². The van der Waals surface area contributed by atoms with Crippen molar-refractivity contribution in [2.24, 2.45) is 5.92 Å². The van der Waals surface area contributed by atoms with Gasteiger partial charge in [-0.15, -0.1) is 11.3 Å². The summed E-state index contributed by atoms with van der Waals surface area (Å²) < 4.78 is 0. The van der Waals surface area contributed by atoms with Gasteiger partial charge >= 0.3 is 0 Å². The third-order valence-corrected chi connectivity index (χ3v) is 5.12. The van der Waals surface area contributed by atoms with Crippen LogP contribution in [0.1, 0.15) is 56.6 Å². The van der Waals surface area contributed by atoms with E-state index in [2.05, 4.69) is 39.9 Å². The van der Waals surface area contributed by atoms with E-state index in [0.717, 1.165) is 18.7 Å². The number of hydrogen-bond donors (Lipinski definition) is 1. The van der Waals surface area contributed by atoms with Gasteiger partial charge in [0.25, 0.3) is 0 Å². The Balaban J connectivity index is 2.67. The van der Waals surface area contributed by atoms with Crippen LogP contribution in [0.2, 0.25) is 0 Å². The van der Waals surface area contributed by atoms with Crippen LogP contribution in [-0.4, -0.2) is 16.8 Å². The number of rotatable bonds is 9. The minimum atomic E-state index is 0.534.